The minimum atomic E-state index is -0.693. The van der Waals surface area contributed by atoms with Crippen LogP contribution in [0, 0.1) is 18.8 Å². The summed E-state index contributed by atoms with van der Waals surface area (Å²) in [5.74, 6) is -1.38. The molecule has 1 aromatic carbocycles. The Hall–Kier alpha value is -2.14. The van der Waals surface area contributed by atoms with Gasteiger partial charge in [0, 0.05) is 5.69 Å². The van der Waals surface area contributed by atoms with Crippen LogP contribution < -0.4 is 4.90 Å². The van der Waals surface area contributed by atoms with Crippen LogP contribution in [0.1, 0.15) is 25.3 Å². The standard InChI is InChI=1S/C20H23NO4/c1-3-4-11-24-19(23)16-15-9-10-20(25-15)12-21(18(22)17(16)20)14-7-5-13(2)6-8-14/h5-10,15-17H,3-4,11-12H2,1-2H3/t15-,16-,17-,20-/m0/s1. The number of benzene rings is 1. The van der Waals surface area contributed by atoms with Gasteiger partial charge < -0.3 is 14.4 Å². The van der Waals surface area contributed by atoms with Gasteiger partial charge in [-0.2, -0.15) is 0 Å². The van der Waals surface area contributed by atoms with E-state index in [1.165, 1.54) is 0 Å². The molecule has 0 aromatic heterocycles. The van der Waals surface area contributed by atoms with E-state index in [0.29, 0.717) is 13.2 Å². The summed E-state index contributed by atoms with van der Waals surface area (Å²) in [5, 5.41) is 0. The molecule has 0 radical (unpaired) electrons. The molecule has 0 saturated carbocycles. The van der Waals surface area contributed by atoms with Crippen molar-refractivity contribution >= 4 is 17.6 Å². The van der Waals surface area contributed by atoms with Crippen LogP contribution in [0.3, 0.4) is 0 Å². The van der Waals surface area contributed by atoms with Gasteiger partial charge in [-0.25, -0.2) is 0 Å². The number of ether oxygens (including phenoxy) is 2. The predicted octanol–water partition coefficient (Wildman–Crippen LogP) is 2.62. The highest BCUT2D eigenvalue weighted by atomic mass is 16.6. The van der Waals surface area contributed by atoms with E-state index in [2.05, 4.69) is 0 Å². The number of carbonyl (C=O) groups is 2. The Morgan fingerprint density at radius 3 is 2.84 bits per heavy atom. The third-order valence-electron chi connectivity index (χ3n) is 5.46. The van der Waals surface area contributed by atoms with E-state index in [0.717, 1.165) is 24.1 Å². The molecule has 3 aliphatic rings. The number of unbranched alkanes of at least 4 members (excludes halogenated alkanes) is 1. The van der Waals surface area contributed by atoms with Gasteiger partial charge >= 0.3 is 5.97 Å². The number of nitrogens with zero attached hydrogens (tertiary/aromatic N) is 1. The van der Waals surface area contributed by atoms with E-state index in [9.17, 15) is 9.59 Å². The van der Waals surface area contributed by atoms with Gasteiger partial charge in [0.2, 0.25) is 5.91 Å². The molecule has 2 saturated heterocycles. The van der Waals surface area contributed by atoms with Crippen molar-refractivity contribution in [1.29, 1.82) is 0 Å². The second-order valence-electron chi connectivity index (χ2n) is 7.18. The van der Waals surface area contributed by atoms with Crippen LogP contribution in [0.2, 0.25) is 0 Å². The average molecular weight is 341 g/mol. The van der Waals surface area contributed by atoms with E-state index < -0.39 is 17.4 Å². The van der Waals surface area contributed by atoms with Gasteiger partial charge in [0.05, 0.1) is 25.2 Å². The van der Waals surface area contributed by atoms with Crippen LogP contribution >= 0.6 is 0 Å². The van der Waals surface area contributed by atoms with Crippen LogP contribution in [0.25, 0.3) is 0 Å². The summed E-state index contributed by atoms with van der Waals surface area (Å²) in [5.41, 5.74) is 1.29. The first-order valence-electron chi connectivity index (χ1n) is 8.97. The molecule has 3 aliphatic heterocycles. The van der Waals surface area contributed by atoms with E-state index in [1.807, 2.05) is 50.3 Å². The summed E-state index contributed by atoms with van der Waals surface area (Å²) in [6, 6.07) is 7.85. The number of hydrogen-bond acceptors (Lipinski definition) is 4. The maximum absolute atomic E-state index is 13.1. The third kappa shape index (κ3) is 2.49. The summed E-state index contributed by atoms with van der Waals surface area (Å²) in [6.07, 6.45) is 5.33. The topological polar surface area (TPSA) is 55.8 Å². The first-order valence-corrected chi connectivity index (χ1v) is 8.97. The lowest BCUT2D eigenvalue weighted by Gasteiger charge is -2.22. The molecule has 25 heavy (non-hydrogen) atoms. The number of amides is 1. The smallest absolute Gasteiger partial charge is 0.312 e. The first-order chi connectivity index (χ1) is 12.1. The van der Waals surface area contributed by atoms with Crippen molar-refractivity contribution in [3.8, 4) is 0 Å². The number of esters is 1. The largest absolute Gasteiger partial charge is 0.465 e. The Labute approximate surface area is 147 Å². The van der Waals surface area contributed by atoms with Crippen molar-refractivity contribution in [3.05, 3.63) is 42.0 Å². The minimum absolute atomic E-state index is 0.0480. The molecule has 1 amide bonds. The van der Waals surface area contributed by atoms with E-state index in [4.69, 9.17) is 9.47 Å². The molecule has 3 heterocycles. The molecular formula is C20H23NO4. The second kappa shape index (κ2) is 5.99. The first kappa shape index (κ1) is 16.3. The monoisotopic (exact) mass is 341 g/mol. The molecule has 2 fully saturated rings. The fraction of sp³-hybridized carbons (Fsp3) is 0.500. The van der Waals surface area contributed by atoms with Crippen LogP contribution in [0.5, 0.6) is 0 Å². The maximum Gasteiger partial charge on any atom is 0.312 e. The van der Waals surface area contributed by atoms with Gasteiger partial charge in [0.25, 0.3) is 0 Å². The van der Waals surface area contributed by atoms with Crippen LogP contribution in [-0.4, -0.2) is 36.7 Å². The Kier molecular flexibility index (Phi) is 3.91. The molecule has 5 heteroatoms. The molecule has 2 bridgehead atoms. The van der Waals surface area contributed by atoms with Crippen molar-refractivity contribution < 1.29 is 19.1 Å². The minimum Gasteiger partial charge on any atom is -0.465 e. The lowest BCUT2D eigenvalue weighted by Crippen LogP contribution is -2.40. The molecule has 1 aromatic rings. The van der Waals surface area contributed by atoms with Crippen molar-refractivity contribution in [3.63, 3.8) is 0 Å². The van der Waals surface area contributed by atoms with Gasteiger partial charge in [-0.05, 0) is 25.5 Å². The summed E-state index contributed by atoms with van der Waals surface area (Å²) in [6.45, 7) is 4.91. The van der Waals surface area contributed by atoms with Crippen LogP contribution in [0.15, 0.2) is 36.4 Å². The molecule has 132 valence electrons. The van der Waals surface area contributed by atoms with Crippen molar-refractivity contribution in [2.75, 3.05) is 18.1 Å². The van der Waals surface area contributed by atoms with Crippen molar-refractivity contribution in [1.82, 2.24) is 0 Å². The van der Waals surface area contributed by atoms with E-state index >= 15 is 0 Å². The predicted molar refractivity (Wildman–Crippen MR) is 93.1 cm³/mol. The third-order valence-corrected chi connectivity index (χ3v) is 5.46. The zero-order valence-electron chi connectivity index (χ0n) is 14.6. The fourth-order valence-electron chi connectivity index (χ4n) is 4.12. The summed E-state index contributed by atoms with van der Waals surface area (Å²) < 4.78 is 11.5. The quantitative estimate of drug-likeness (QED) is 0.469. The normalized spacial score (nSPS) is 32.3. The number of rotatable bonds is 5. The van der Waals surface area contributed by atoms with Crippen molar-refractivity contribution in [2.45, 2.75) is 38.4 Å². The Morgan fingerprint density at radius 2 is 2.12 bits per heavy atom. The zero-order valence-corrected chi connectivity index (χ0v) is 14.6. The van der Waals surface area contributed by atoms with E-state index in [1.54, 1.807) is 4.90 Å². The fourth-order valence-corrected chi connectivity index (χ4v) is 4.12. The SMILES string of the molecule is CCCCOC(=O)[C@H]1[C@@H]2C=C[C@@]3(CN(c4ccc(C)cc4)C(=O)[C@H]13)O2. The zero-order chi connectivity index (χ0) is 17.6. The number of fused-ring (bicyclic) bond motifs is 1. The molecule has 4 atom stereocenters. The molecule has 0 unspecified atom stereocenters. The Balaban J connectivity index is 1.59. The second-order valence-corrected chi connectivity index (χ2v) is 7.18. The number of anilines is 1. The van der Waals surface area contributed by atoms with E-state index in [-0.39, 0.29) is 18.0 Å². The maximum atomic E-state index is 13.1. The molecule has 0 aliphatic carbocycles. The highest BCUT2D eigenvalue weighted by Gasteiger charge is 2.67. The summed E-state index contributed by atoms with van der Waals surface area (Å²) in [7, 11) is 0. The summed E-state index contributed by atoms with van der Waals surface area (Å²) >= 11 is 0. The molecular weight excluding hydrogens is 318 g/mol. The number of aryl methyl sites for hydroxylation is 1. The van der Waals surface area contributed by atoms with Gasteiger partial charge in [0.15, 0.2) is 0 Å². The Morgan fingerprint density at radius 1 is 1.36 bits per heavy atom. The molecule has 1 spiro atoms. The summed E-state index contributed by atoms with van der Waals surface area (Å²) in [4.78, 5) is 27.4. The van der Waals surface area contributed by atoms with Crippen molar-refractivity contribution in [2.24, 2.45) is 11.8 Å². The number of hydrogen-bond donors (Lipinski definition) is 0. The van der Waals surface area contributed by atoms with Gasteiger partial charge in [-0.1, -0.05) is 43.2 Å². The lowest BCUT2D eigenvalue weighted by molar-refractivity contribution is -0.152. The van der Waals surface area contributed by atoms with Crippen LogP contribution in [-0.2, 0) is 19.1 Å². The Bertz CT molecular complexity index is 726. The van der Waals surface area contributed by atoms with Gasteiger partial charge in [-0.3, -0.25) is 9.59 Å². The number of carbonyl (C=O) groups excluding carboxylic acids is 2. The average Bonchev–Trinajstić information content (AvgIpc) is 3.24. The molecule has 5 nitrogen and oxygen atoms in total. The molecule has 4 rings (SSSR count). The highest BCUT2D eigenvalue weighted by Crippen LogP contribution is 2.52. The van der Waals surface area contributed by atoms with Gasteiger partial charge in [0.1, 0.15) is 11.5 Å². The molecule has 0 N–H and O–H groups in total. The van der Waals surface area contributed by atoms with Crippen LogP contribution in [0.4, 0.5) is 5.69 Å². The highest BCUT2D eigenvalue weighted by molar-refractivity contribution is 6.02. The van der Waals surface area contributed by atoms with Gasteiger partial charge in [-0.15, -0.1) is 0 Å². The lowest BCUT2D eigenvalue weighted by atomic mass is 9.77.